The van der Waals surface area contributed by atoms with E-state index in [9.17, 15) is 9.59 Å². The van der Waals surface area contributed by atoms with Gasteiger partial charge in [0.1, 0.15) is 5.60 Å². The van der Waals surface area contributed by atoms with Gasteiger partial charge in [-0.05, 0) is 46.5 Å². The first kappa shape index (κ1) is 16.6. The Morgan fingerprint density at radius 3 is 2.23 bits per heavy atom. The van der Waals surface area contributed by atoms with E-state index in [1.807, 2.05) is 20.8 Å². The number of hydrogen-bond donors (Lipinski definition) is 0. The molecule has 2 aliphatic rings. The SMILES string of the molecule is COC(=O)C1(CC#N)CC2CC[C@@H](C1)N2C(=O)OC(C)(C)C. The van der Waals surface area contributed by atoms with E-state index in [1.54, 1.807) is 4.90 Å². The van der Waals surface area contributed by atoms with Crippen LogP contribution < -0.4 is 0 Å². The predicted molar refractivity (Wildman–Crippen MR) is 78.8 cm³/mol. The molecule has 2 saturated heterocycles. The van der Waals surface area contributed by atoms with Gasteiger partial charge in [-0.15, -0.1) is 0 Å². The summed E-state index contributed by atoms with van der Waals surface area (Å²) in [6.07, 6.45) is 2.44. The van der Waals surface area contributed by atoms with Gasteiger partial charge in [0.15, 0.2) is 0 Å². The Labute approximate surface area is 131 Å². The number of amides is 1. The number of carbonyl (C=O) groups excluding carboxylic acids is 2. The molecule has 0 N–H and O–H groups in total. The lowest BCUT2D eigenvalue weighted by Gasteiger charge is -2.44. The normalized spacial score (nSPS) is 30.6. The molecule has 6 nitrogen and oxygen atoms in total. The molecule has 3 atom stereocenters. The summed E-state index contributed by atoms with van der Waals surface area (Å²) in [5.41, 5.74) is -1.33. The lowest BCUT2D eigenvalue weighted by atomic mass is 9.73. The zero-order valence-corrected chi connectivity index (χ0v) is 13.7. The summed E-state index contributed by atoms with van der Waals surface area (Å²) in [4.78, 5) is 26.4. The minimum absolute atomic E-state index is 0.0546. The van der Waals surface area contributed by atoms with Crippen LogP contribution in [0.1, 0.15) is 52.9 Å². The monoisotopic (exact) mass is 308 g/mol. The van der Waals surface area contributed by atoms with Crippen LogP contribution in [0.25, 0.3) is 0 Å². The van der Waals surface area contributed by atoms with Crippen molar-refractivity contribution in [2.75, 3.05) is 7.11 Å². The molecule has 0 spiro atoms. The number of nitriles is 1. The van der Waals surface area contributed by atoms with Crippen LogP contribution in [0.2, 0.25) is 0 Å². The Balaban J connectivity index is 2.19. The van der Waals surface area contributed by atoms with Gasteiger partial charge >= 0.3 is 12.1 Å². The van der Waals surface area contributed by atoms with Gasteiger partial charge in [0, 0.05) is 12.1 Å². The van der Waals surface area contributed by atoms with Crippen molar-refractivity contribution in [1.82, 2.24) is 4.90 Å². The second-order valence-corrected chi connectivity index (χ2v) is 7.29. The summed E-state index contributed by atoms with van der Waals surface area (Å²) < 4.78 is 10.4. The van der Waals surface area contributed by atoms with Crippen LogP contribution in [-0.4, -0.2) is 41.8 Å². The average Bonchev–Trinajstić information content (AvgIpc) is 2.69. The van der Waals surface area contributed by atoms with Crippen LogP contribution >= 0.6 is 0 Å². The molecule has 0 aromatic rings. The average molecular weight is 308 g/mol. The Kier molecular flexibility index (Phi) is 4.37. The zero-order valence-electron chi connectivity index (χ0n) is 13.7. The van der Waals surface area contributed by atoms with E-state index in [2.05, 4.69) is 6.07 Å². The van der Waals surface area contributed by atoms with E-state index in [0.29, 0.717) is 12.8 Å². The Hall–Kier alpha value is -1.77. The molecule has 2 bridgehead atoms. The fourth-order valence-electron chi connectivity index (χ4n) is 3.71. The topological polar surface area (TPSA) is 79.6 Å². The van der Waals surface area contributed by atoms with E-state index < -0.39 is 11.0 Å². The van der Waals surface area contributed by atoms with Crippen molar-refractivity contribution in [2.45, 2.75) is 70.6 Å². The molecule has 0 aromatic heterocycles. The molecular weight excluding hydrogens is 284 g/mol. The number of rotatable bonds is 2. The van der Waals surface area contributed by atoms with Gasteiger partial charge in [-0.2, -0.15) is 5.26 Å². The van der Waals surface area contributed by atoms with Crippen molar-refractivity contribution in [1.29, 1.82) is 5.26 Å². The first-order valence-corrected chi connectivity index (χ1v) is 7.69. The highest BCUT2D eigenvalue weighted by Crippen LogP contribution is 2.48. The lowest BCUT2D eigenvalue weighted by molar-refractivity contribution is -0.157. The highest BCUT2D eigenvalue weighted by atomic mass is 16.6. The molecule has 2 aliphatic heterocycles. The predicted octanol–water partition coefficient (Wildman–Crippen LogP) is 2.62. The van der Waals surface area contributed by atoms with Gasteiger partial charge in [0.2, 0.25) is 0 Å². The molecule has 0 aromatic carbocycles. The van der Waals surface area contributed by atoms with Gasteiger partial charge in [0.05, 0.1) is 25.0 Å². The quantitative estimate of drug-likeness (QED) is 0.733. The molecule has 1 amide bonds. The third-order valence-corrected chi connectivity index (χ3v) is 4.51. The summed E-state index contributed by atoms with van der Waals surface area (Å²) in [5.74, 6) is -0.338. The molecule has 2 heterocycles. The molecule has 6 heteroatoms. The number of methoxy groups -OCH3 is 1. The van der Waals surface area contributed by atoms with E-state index >= 15 is 0 Å². The second kappa shape index (κ2) is 5.79. The van der Waals surface area contributed by atoms with Crippen molar-refractivity contribution >= 4 is 12.1 Å². The highest BCUT2D eigenvalue weighted by Gasteiger charge is 2.54. The van der Waals surface area contributed by atoms with E-state index in [-0.39, 0.29) is 30.6 Å². The lowest BCUT2D eigenvalue weighted by Crippen LogP contribution is -2.54. The number of fused-ring (bicyclic) bond motifs is 2. The minimum Gasteiger partial charge on any atom is -0.469 e. The third kappa shape index (κ3) is 3.03. The zero-order chi connectivity index (χ0) is 16.5. The van der Waals surface area contributed by atoms with Gasteiger partial charge in [-0.25, -0.2) is 4.79 Å². The van der Waals surface area contributed by atoms with E-state index in [1.165, 1.54) is 7.11 Å². The second-order valence-electron chi connectivity index (χ2n) is 7.29. The molecule has 0 radical (unpaired) electrons. The Morgan fingerprint density at radius 2 is 1.82 bits per heavy atom. The van der Waals surface area contributed by atoms with Crippen LogP contribution in [0.15, 0.2) is 0 Å². The summed E-state index contributed by atoms with van der Waals surface area (Å²) in [6.45, 7) is 5.52. The Bertz CT molecular complexity index is 489. The van der Waals surface area contributed by atoms with Crippen molar-refractivity contribution < 1.29 is 19.1 Å². The van der Waals surface area contributed by atoms with Crippen molar-refractivity contribution in [3.8, 4) is 6.07 Å². The maximum Gasteiger partial charge on any atom is 0.410 e. The van der Waals surface area contributed by atoms with E-state index in [4.69, 9.17) is 14.7 Å². The van der Waals surface area contributed by atoms with E-state index in [0.717, 1.165) is 12.8 Å². The Morgan fingerprint density at radius 1 is 1.27 bits per heavy atom. The fourth-order valence-corrected chi connectivity index (χ4v) is 3.71. The molecule has 2 rings (SSSR count). The number of piperidine rings is 1. The fraction of sp³-hybridized carbons (Fsp3) is 0.812. The van der Waals surface area contributed by atoms with Gasteiger partial charge in [-0.3, -0.25) is 4.79 Å². The molecule has 2 unspecified atom stereocenters. The number of esters is 1. The molecule has 22 heavy (non-hydrogen) atoms. The molecule has 0 aliphatic carbocycles. The minimum atomic E-state index is -0.784. The first-order chi connectivity index (χ1) is 10.2. The number of hydrogen-bond acceptors (Lipinski definition) is 5. The van der Waals surface area contributed by atoms with Gasteiger partial charge < -0.3 is 14.4 Å². The summed E-state index contributed by atoms with van der Waals surface area (Å²) >= 11 is 0. The largest absolute Gasteiger partial charge is 0.469 e. The smallest absolute Gasteiger partial charge is 0.410 e. The maximum atomic E-state index is 12.4. The molecule has 122 valence electrons. The summed E-state index contributed by atoms with van der Waals surface area (Å²) in [7, 11) is 1.35. The summed E-state index contributed by atoms with van der Waals surface area (Å²) in [6, 6.07) is 2.00. The molecule has 0 saturated carbocycles. The molecule has 2 fully saturated rings. The number of ether oxygens (including phenoxy) is 2. The van der Waals surface area contributed by atoms with Crippen LogP contribution in [0.5, 0.6) is 0 Å². The van der Waals surface area contributed by atoms with Gasteiger partial charge in [-0.1, -0.05) is 0 Å². The highest BCUT2D eigenvalue weighted by molar-refractivity contribution is 5.78. The molecular formula is C16H24N2O4. The number of carbonyl (C=O) groups is 2. The van der Waals surface area contributed by atoms with Gasteiger partial charge in [0.25, 0.3) is 0 Å². The third-order valence-electron chi connectivity index (χ3n) is 4.51. The number of nitrogens with zero attached hydrogens (tertiary/aromatic N) is 2. The van der Waals surface area contributed by atoms with Crippen LogP contribution in [0.4, 0.5) is 4.79 Å². The first-order valence-electron chi connectivity index (χ1n) is 7.69. The van der Waals surface area contributed by atoms with Crippen LogP contribution in [-0.2, 0) is 14.3 Å². The van der Waals surface area contributed by atoms with Crippen molar-refractivity contribution in [3.63, 3.8) is 0 Å². The van der Waals surface area contributed by atoms with Crippen LogP contribution in [0, 0.1) is 16.7 Å². The van der Waals surface area contributed by atoms with Crippen molar-refractivity contribution in [3.05, 3.63) is 0 Å². The van der Waals surface area contributed by atoms with Crippen molar-refractivity contribution in [2.24, 2.45) is 5.41 Å². The van der Waals surface area contributed by atoms with Crippen LogP contribution in [0.3, 0.4) is 0 Å². The standard InChI is InChI=1S/C16H24N2O4/c1-15(2,3)22-14(20)18-11-5-6-12(18)10-16(9-11,7-8-17)13(19)21-4/h11-12H,5-7,9-10H2,1-4H3/t11-,12?,16?/m0/s1. The maximum absolute atomic E-state index is 12.4. The summed E-state index contributed by atoms with van der Waals surface area (Å²) in [5, 5.41) is 9.09.